The summed E-state index contributed by atoms with van der Waals surface area (Å²) in [7, 11) is 0. The molecule has 0 bridgehead atoms. The minimum atomic E-state index is -0.0762. The number of aromatic nitrogens is 1. The maximum atomic E-state index is 12.1. The second-order valence-electron chi connectivity index (χ2n) is 5.61. The number of amides is 1. The van der Waals surface area contributed by atoms with Crippen LogP contribution in [0.15, 0.2) is 23.4 Å². The zero-order chi connectivity index (χ0) is 16.5. The molecular weight excluding hydrogens is 310 g/mol. The molecule has 0 saturated carbocycles. The van der Waals surface area contributed by atoms with E-state index in [0.717, 1.165) is 49.9 Å². The number of rotatable bonds is 9. The fourth-order valence-electron chi connectivity index (χ4n) is 2.53. The lowest BCUT2D eigenvalue weighted by atomic mass is 10.2. The van der Waals surface area contributed by atoms with Crippen LogP contribution in [0.1, 0.15) is 37.0 Å². The van der Waals surface area contributed by atoms with Gasteiger partial charge in [-0.25, -0.2) is 4.98 Å². The lowest BCUT2D eigenvalue weighted by Gasteiger charge is -2.17. The highest BCUT2D eigenvalue weighted by Gasteiger charge is 2.16. The van der Waals surface area contributed by atoms with Gasteiger partial charge in [0.05, 0.1) is 16.7 Å². The molecule has 0 spiro atoms. The van der Waals surface area contributed by atoms with Crippen molar-refractivity contribution < 1.29 is 9.53 Å². The molecule has 128 valence electrons. The fourth-order valence-corrected chi connectivity index (χ4v) is 3.38. The van der Waals surface area contributed by atoms with Crippen LogP contribution in [-0.2, 0) is 4.74 Å². The van der Waals surface area contributed by atoms with Crippen LogP contribution in [0.3, 0.4) is 0 Å². The van der Waals surface area contributed by atoms with Crippen LogP contribution < -0.4 is 5.32 Å². The van der Waals surface area contributed by atoms with Gasteiger partial charge in [-0.1, -0.05) is 13.8 Å². The van der Waals surface area contributed by atoms with Gasteiger partial charge in [-0.15, -0.1) is 11.8 Å². The Balaban J connectivity index is 1.73. The number of pyridine rings is 1. The number of hydrogen-bond donors (Lipinski definition) is 1. The van der Waals surface area contributed by atoms with E-state index in [1.807, 2.05) is 12.1 Å². The predicted octanol–water partition coefficient (Wildman–Crippen LogP) is 2.42. The summed E-state index contributed by atoms with van der Waals surface area (Å²) < 4.78 is 5.50. The molecule has 1 N–H and O–H groups in total. The van der Waals surface area contributed by atoms with Crippen molar-refractivity contribution in [2.45, 2.75) is 37.8 Å². The highest BCUT2D eigenvalue weighted by Crippen LogP contribution is 2.16. The molecule has 0 aromatic carbocycles. The molecule has 23 heavy (non-hydrogen) atoms. The molecule has 1 aliphatic heterocycles. The molecule has 1 unspecified atom stereocenters. The smallest absolute Gasteiger partial charge is 0.252 e. The van der Waals surface area contributed by atoms with Crippen LogP contribution >= 0.6 is 11.8 Å². The van der Waals surface area contributed by atoms with Gasteiger partial charge in [0.25, 0.3) is 5.91 Å². The summed E-state index contributed by atoms with van der Waals surface area (Å²) in [5.74, 6) is 0.937. The molecule has 5 nitrogen and oxygen atoms in total. The average Bonchev–Trinajstić information content (AvgIpc) is 3.11. The van der Waals surface area contributed by atoms with Crippen molar-refractivity contribution in [3.8, 4) is 0 Å². The first-order valence-corrected chi connectivity index (χ1v) is 9.42. The van der Waals surface area contributed by atoms with E-state index in [0.29, 0.717) is 12.1 Å². The van der Waals surface area contributed by atoms with E-state index in [4.69, 9.17) is 4.74 Å². The van der Waals surface area contributed by atoms with Gasteiger partial charge in [-0.2, -0.15) is 0 Å². The monoisotopic (exact) mass is 337 g/mol. The minimum absolute atomic E-state index is 0.0762. The molecule has 6 heteroatoms. The molecule has 1 fully saturated rings. The molecule has 0 radical (unpaired) electrons. The number of nitrogens with one attached hydrogen (secondary N) is 1. The zero-order valence-corrected chi connectivity index (χ0v) is 14.9. The topological polar surface area (TPSA) is 54.5 Å². The average molecular weight is 337 g/mol. The van der Waals surface area contributed by atoms with Crippen LogP contribution in [0.25, 0.3) is 0 Å². The maximum absolute atomic E-state index is 12.1. The Morgan fingerprint density at radius 2 is 2.26 bits per heavy atom. The first-order valence-electron chi connectivity index (χ1n) is 8.44. The van der Waals surface area contributed by atoms with E-state index in [1.165, 1.54) is 0 Å². The Hall–Kier alpha value is -1.11. The molecule has 1 aromatic heterocycles. The quantitative estimate of drug-likeness (QED) is 0.702. The number of carbonyl (C=O) groups excluding carboxylic acids is 1. The van der Waals surface area contributed by atoms with Crippen molar-refractivity contribution in [3.05, 3.63) is 23.9 Å². The van der Waals surface area contributed by atoms with Crippen LogP contribution in [0, 0.1) is 0 Å². The highest BCUT2D eigenvalue weighted by atomic mass is 32.2. The van der Waals surface area contributed by atoms with Gasteiger partial charge in [-0.05, 0) is 38.1 Å². The van der Waals surface area contributed by atoms with Crippen LogP contribution in [0.4, 0.5) is 0 Å². The molecule has 1 aromatic rings. The number of carbonyl (C=O) groups is 1. The van der Waals surface area contributed by atoms with Gasteiger partial charge in [-0.3, -0.25) is 4.79 Å². The molecular formula is C17H27N3O2S. The standard InChI is InChI=1S/C17H27N3O2S/c1-3-20(4-2)9-11-23-16-8-7-14(12-18-16)17(21)19-13-15-6-5-10-22-15/h7-8,12,15H,3-6,9-11,13H2,1-2H3,(H,19,21). The summed E-state index contributed by atoms with van der Waals surface area (Å²) in [5.41, 5.74) is 0.607. The summed E-state index contributed by atoms with van der Waals surface area (Å²) >= 11 is 1.73. The van der Waals surface area contributed by atoms with E-state index in [-0.39, 0.29) is 12.0 Å². The first kappa shape index (κ1) is 18.2. The second kappa shape index (κ2) is 9.90. The fraction of sp³-hybridized carbons (Fsp3) is 0.647. The van der Waals surface area contributed by atoms with Gasteiger partial charge in [0.15, 0.2) is 0 Å². The van der Waals surface area contributed by atoms with E-state index in [2.05, 4.69) is 29.0 Å². The van der Waals surface area contributed by atoms with Crippen molar-refractivity contribution >= 4 is 17.7 Å². The second-order valence-corrected chi connectivity index (χ2v) is 6.72. The molecule has 1 atom stereocenters. The van der Waals surface area contributed by atoms with Crippen molar-refractivity contribution in [2.24, 2.45) is 0 Å². The van der Waals surface area contributed by atoms with Gasteiger partial charge in [0.1, 0.15) is 0 Å². The third-order valence-electron chi connectivity index (χ3n) is 4.06. The SMILES string of the molecule is CCN(CC)CCSc1ccc(C(=O)NCC2CCCO2)cn1. The highest BCUT2D eigenvalue weighted by molar-refractivity contribution is 7.99. The molecule has 1 aliphatic rings. The number of thioether (sulfide) groups is 1. The maximum Gasteiger partial charge on any atom is 0.252 e. The Kier molecular flexibility index (Phi) is 7.85. The van der Waals surface area contributed by atoms with Gasteiger partial charge in [0, 0.05) is 31.6 Å². The molecule has 1 amide bonds. The van der Waals surface area contributed by atoms with Gasteiger partial charge >= 0.3 is 0 Å². The van der Waals surface area contributed by atoms with E-state index in [9.17, 15) is 4.79 Å². The third kappa shape index (κ3) is 6.12. The number of ether oxygens (including phenoxy) is 1. The van der Waals surface area contributed by atoms with Gasteiger partial charge in [0.2, 0.25) is 0 Å². The lowest BCUT2D eigenvalue weighted by molar-refractivity contribution is 0.0857. The third-order valence-corrected chi connectivity index (χ3v) is 4.99. The normalized spacial score (nSPS) is 17.6. The molecule has 0 aliphatic carbocycles. The van der Waals surface area contributed by atoms with Crippen molar-refractivity contribution in [1.82, 2.24) is 15.2 Å². The Labute approximate surface area is 143 Å². The van der Waals surface area contributed by atoms with Crippen LogP contribution in [0.5, 0.6) is 0 Å². The Morgan fingerprint density at radius 3 is 2.87 bits per heavy atom. The summed E-state index contributed by atoms with van der Waals surface area (Å²) in [6.45, 7) is 8.96. The van der Waals surface area contributed by atoms with Crippen molar-refractivity contribution in [3.63, 3.8) is 0 Å². The van der Waals surface area contributed by atoms with Gasteiger partial charge < -0.3 is 15.0 Å². The minimum Gasteiger partial charge on any atom is -0.376 e. The largest absolute Gasteiger partial charge is 0.376 e. The Bertz CT molecular complexity index is 471. The molecule has 1 saturated heterocycles. The van der Waals surface area contributed by atoms with E-state index < -0.39 is 0 Å². The predicted molar refractivity (Wildman–Crippen MR) is 94.1 cm³/mol. The van der Waals surface area contributed by atoms with Crippen molar-refractivity contribution in [2.75, 3.05) is 38.5 Å². The summed E-state index contributed by atoms with van der Waals surface area (Å²) in [4.78, 5) is 18.8. The van der Waals surface area contributed by atoms with Crippen molar-refractivity contribution in [1.29, 1.82) is 0 Å². The summed E-state index contributed by atoms with van der Waals surface area (Å²) in [5, 5.41) is 3.88. The summed E-state index contributed by atoms with van der Waals surface area (Å²) in [6.07, 6.45) is 3.94. The van der Waals surface area contributed by atoms with E-state index in [1.54, 1.807) is 18.0 Å². The first-order chi connectivity index (χ1) is 11.2. The zero-order valence-electron chi connectivity index (χ0n) is 14.1. The van der Waals surface area contributed by atoms with Crippen LogP contribution in [-0.4, -0.2) is 60.4 Å². The Morgan fingerprint density at radius 1 is 1.43 bits per heavy atom. The molecule has 2 rings (SSSR count). The van der Waals surface area contributed by atoms with Crippen LogP contribution in [0.2, 0.25) is 0 Å². The number of nitrogens with zero attached hydrogens (tertiary/aromatic N) is 2. The lowest BCUT2D eigenvalue weighted by Crippen LogP contribution is -2.31. The van der Waals surface area contributed by atoms with E-state index >= 15 is 0 Å². The molecule has 2 heterocycles. The number of hydrogen-bond acceptors (Lipinski definition) is 5. The summed E-state index contributed by atoms with van der Waals surface area (Å²) in [6, 6.07) is 3.77.